The Balaban J connectivity index is 3.00. The van der Waals surface area contributed by atoms with E-state index in [1.54, 1.807) is 6.08 Å². The van der Waals surface area contributed by atoms with E-state index in [1.165, 1.54) is 5.06 Å². The lowest BCUT2D eigenvalue weighted by atomic mass is 9.96. The second kappa shape index (κ2) is 3.50. The molecule has 0 saturated carbocycles. The molecule has 0 aromatic heterocycles. The highest BCUT2D eigenvalue weighted by atomic mass is 16.5. The Morgan fingerprint density at radius 2 is 1.93 bits per heavy atom. The number of hydroxylamine groups is 2. The van der Waals surface area contributed by atoms with Gasteiger partial charge in [0.15, 0.2) is 0 Å². The smallest absolute Gasteiger partial charge is 0.0659 e. The summed E-state index contributed by atoms with van der Waals surface area (Å²) >= 11 is 0. The van der Waals surface area contributed by atoms with Crippen LogP contribution >= 0.6 is 0 Å². The van der Waals surface area contributed by atoms with Gasteiger partial charge in [-0.05, 0) is 33.3 Å². The van der Waals surface area contributed by atoms with Crippen molar-refractivity contribution in [3.63, 3.8) is 0 Å². The molecule has 1 aliphatic rings. The zero-order chi connectivity index (χ0) is 11.0. The SMILES string of the molecule is CC1(C)C=C(/C=C/CO)C(C)(C)N1O. The van der Waals surface area contributed by atoms with Gasteiger partial charge in [0.2, 0.25) is 0 Å². The second-order valence-electron chi connectivity index (χ2n) is 4.71. The van der Waals surface area contributed by atoms with Crippen molar-refractivity contribution in [3.05, 3.63) is 23.8 Å². The molecule has 0 radical (unpaired) electrons. The molecule has 3 heteroatoms. The molecule has 0 bridgehead atoms. The average Bonchev–Trinajstić information content (AvgIpc) is 2.23. The third-order valence-corrected chi connectivity index (χ3v) is 2.69. The molecule has 0 atom stereocenters. The Labute approximate surface area is 85.3 Å². The highest BCUT2D eigenvalue weighted by Crippen LogP contribution is 2.38. The van der Waals surface area contributed by atoms with Crippen molar-refractivity contribution in [3.8, 4) is 0 Å². The number of hydrogen-bond acceptors (Lipinski definition) is 3. The summed E-state index contributed by atoms with van der Waals surface area (Å²) in [7, 11) is 0. The van der Waals surface area contributed by atoms with Crippen molar-refractivity contribution < 1.29 is 10.3 Å². The molecule has 2 N–H and O–H groups in total. The second-order valence-corrected chi connectivity index (χ2v) is 4.71. The molecule has 0 aromatic rings. The normalized spacial score (nSPS) is 25.7. The number of aliphatic hydroxyl groups excluding tert-OH is 1. The quantitative estimate of drug-likeness (QED) is 0.708. The van der Waals surface area contributed by atoms with Crippen molar-refractivity contribution in [1.29, 1.82) is 0 Å². The summed E-state index contributed by atoms with van der Waals surface area (Å²) in [6.45, 7) is 7.84. The van der Waals surface area contributed by atoms with Gasteiger partial charge < -0.3 is 10.3 Å². The molecule has 0 aromatic carbocycles. The fourth-order valence-electron chi connectivity index (χ4n) is 1.89. The Kier molecular flexibility index (Phi) is 2.86. The maximum atomic E-state index is 9.94. The molecule has 80 valence electrons. The van der Waals surface area contributed by atoms with Gasteiger partial charge in [0.1, 0.15) is 0 Å². The molecule has 0 unspecified atom stereocenters. The fourth-order valence-corrected chi connectivity index (χ4v) is 1.89. The molecular formula is C11H19NO2. The first kappa shape index (κ1) is 11.4. The van der Waals surface area contributed by atoms with E-state index in [1.807, 2.05) is 39.8 Å². The number of hydrogen-bond donors (Lipinski definition) is 2. The maximum Gasteiger partial charge on any atom is 0.0659 e. The maximum absolute atomic E-state index is 9.94. The first-order chi connectivity index (χ1) is 6.32. The largest absolute Gasteiger partial charge is 0.392 e. The van der Waals surface area contributed by atoms with E-state index in [-0.39, 0.29) is 12.1 Å². The lowest BCUT2D eigenvalue weighted by Gasteiger charge is -2.35. The molecule has 0 aliphatic carbocycles. The van der Waals surface area contributed by atoms with Crippen molar-refractivity contribution in [1.82, 2.24) is 5.06 Å². The Hall–Kier alpha value is -0.640. The number of nitrogens with zero attached hydrogens (tertiary/aromatic N) is 1. The van der Waals surface area contributed by atoms with E-state index in [2.05, 4.69) is 0 Å². The molecule has 0 fully saturated rings. The summed E-state index contributed by atoms with van der Waals surface area (Å²) in [6.07, 6.45) is 5.56. The van der Waals surface area contributed by atoms with Crippen molar-refractivity contribution in [2.45, 2.75) is 38.8 Å². The van der Waals surface area contributed by atoms with Crippen LogP contribution in [0, 0.1) is 0 Å². The molecular weight excluding hydrogens is 178 g/mol. The van der Waals surface area contributed by atoms with Gasteiger partial charge in [0, 0.05) is 0 Å². The van der Waals surface area contributed by atoms with Crippen LogP contribution in [0.4, 0.5) is 0 Å². The zero-order valence-electron chi connectivity index (χ0n) is 9.28. The average molecular weight is 197 g/mol. The monoisotopic (exact) mass is 197 g/mol. The van der Waals surface area contributed by atoms with Crippen molar-refractivity contribution in [2.75, 3.05) is 6.61 Å². The van der Waals surface area contributed by atoms with Crippen molar-refractivity contribution >= 4 is 0 Å². The molecule has 0 amide bonds. The van der Waals surface area contributed by atoms with E-state index in [0.717, 1.165) is 5.57 Å². The minimum Gasteiger partial charge on any atom is -0.392 e. The van der Waals surface area contributed by atoms with Gasteiger partial charge in [-0.2, -0.15) is 5.06 Å². The topological polar surface area (TPSA) is 43.7 Å². The first-order valence-corrected chi connectivity index (χ1v) is 4.82. The van der Waals surface area contributed by atoms with Gasteiger partial charge in [-0.1, -0.05) is 18.2 Å². The van der Waals surface area contributed by atoms with Crippen LogP contribution in [-0.4, -0.2) is 33.1 Å². The molecule has 14 heavy (non-hydrogen) atoms. The van der Waals surface area contributed by atoms with E-state index in [4.69, 9.17) is 5.11 Å². The van der Waals surface area contributed by atoms with E-state index < -0.39 is 5.54 Å². The van der Waals surface area contributed by atoms with Crippen LogP contribution in [0.3, 0.4) is 0 Å². The summed E-state index contributed by atoms with van der Waals surface area (Å²) < 4.78 is 0. The lowest BCUT2D eigenvalue weighted by molar-refractivity contribution is -0.184. The number of rotatable bonds is 2. The van der Waals surface area contributed by atoms with E-state index >= 15 is 0 Å². The lowest BCUT2D eigenvalue weighted by Crippen LogP contribution is -2.47. The third-order valence-electron chi connectivity index (χ3n) is 2.69. The summed E-state index contributed by atoms with van der Waals surface area (Å²) in [5.41, 5.74) is 0.285. The summed E-state index contributed by atoms with van der Waals surface area (Å²) in [5, 5.41) is 20.0. The standard InChI is InChI=1S/C11H19NO2/c1-10(2)8-9(6-5-7-13)11(3,4)12(10)14/h5-6,8,13-14H,7H2,1-4H3/b6-5+. The van der Waals surface area contributed by atoms with Crippen LogP contribution in [0.1, 0.15) is 27.7 Å². The van der Waals surface area contributed by atoms with Gasteiger partial charge >= 0.3 is 0 Å². The highest BCUT2D eigenvalue weighted by Gasteiger charge is 2.43. The van der Waals surface area contributed by atoms with Gasteiger partial charge in [-0.15, -0.1) is 0 Å². The molecule has 0 spiro atoms. The van der Waals surface area contributed by atoms with Crippen molar-refractivity contribution in [2.24, 2.45) is 0 Å². The van der Waals surface area contributed by atoms with Crippen LogP contribution in [0.15, 0.2) is 23.8 Å². The third kappa shape index (κ3) is 1.75. The first-order valence-electron chi connectivity index (χ1n) is 4.82. The Bertz CT molecular complexity index is 277. The Morgan fingerprint density at radius 1 is 1.36 bits per heavy atom. The molecule has 1 rings (SSSR count). The fraction of sp³-hybridized carbons (Fsp3) is 0.636. The summed E-state index contributed by atoms with van der Waals surface area (Å²) in [4.78, 5) is 0. The molecule has 3 nitrogen and oxygen atoms in total. The minimum absolute atomic E-state index is 0.0271. The van der Waals surface area contributed by atoms with Gasteiger partial charge in [-0.25, -0.2) is 0 Å². The van der Waals surface area contributed by atoms with Gasteiger partial charge in [-0.3, -0.25) is 0 Å². The summed E-state index contributed by atoms with van der Waals surface area (Å²) in [5.74, 6) is 0. The van der Waals surface area contributed by atoms with E-state index in [0.29, 0.717) is 0 Å². The van der Waals surface area contributed by atoms with Gasteiger partial charge in [0.05, 0.1) is 17.7 Å². The summed E-state index contributed by atoms with van der Waals surface area (Å²) in [6, 6.07) is 0. The van der Waals surface area contributed by atoms with E-state index in [9.17, 15) is 5.21 Å². The predicted octanol–water partition coefficient (Wildman–Crippen LogP) is 1.72. The molecule has 1 aliphatic heterocycles. The number of aliphatic hydroxyl groups is 1. The predicted molar refractivity (Wildman–Crippen MR) is 56.1 cm³/mol. The van der Waals surface area contributed by atoms with Crippen LogP contribution in [0.2, 0.25) is 0 Å². The van der Waals surface area contributed by atoms with Crippen LogP contribution < -0.4 is 0 Å². The van der Waals surface area contributed by atoms with Gasteiger partial charge in [0.25, 0.3) is 0 Å². The van der Waals surface area contributed by atoms with Crippen LogP contribution in [-0.2, 0) is 0 Å². The zero-order valence-corrected chi connectivity index (χ0v) is 9.28. The minimum atomic E-state index is -0.394. The Morgan fingerprint density at radius 3 is 2.29 bits per heavy atom. The molecule has 1 heterocycles. The van der Waals surface area contributed by atoms with Crippen LogP contribution in [0.25, 0.3) is 0 Å². The molecule has 0 saturated heterocycles. The highest BCUT2D eigenvalue weighted by molar-refractivity contribution is 5.37. The van der Waals surface area contributed by atoms with Crippen LogP contribution in [0.5, 0.6) is 0 Å².